The van der Waals surface area contributed by atoms with Gasteiger partial charge < -0.3 is 4.98 Å². The van der Waals surface area contributed by atoms with Gasteiger partial charge in [0.25, 0.3) is 0 Å². The number of H-pyrrole nitrogens is 1. The van der Waals surface area contributed by atoms with Gasteiger partial charge in [0.05, 0.1) is 18.1 Å². The van der Waals surface area contributed by atoms with E-state index >= 15 is 0 Å². The van der Waals surface area contributed by atoms with Crippen LogP contribution in [0.15, 0.2) is 24.7 Å². The molecule has 3 aromatic rings. The first-order chi connectivity index (χ1) is 13.6. The fourth-order valence-electron chi connectivity index (χ4n) is 4.14. The van der Waals surface area contributed by atoms with Crippen molar-refractivity contribution < 1.29 is 25.7 Å². The van der Waals surface area contributed by atoms with Crippen molar-refractivity contribution in [3.63, 3.8) is 0 Å². The third-order valence-corrected chi connectivity index (χ3v) is 7.20. The number of hydrogen-bond acceptors (Lipinski definition) is 5. The molecule has 0 amide bonds. The molecular formula is C17H20F3N6O2S+. The summed E-state index contributed by atoms with van der Waals surface area (Å²) in [6, 6.07) is 1.19. The first kappa shape index (κ1) is 19.8. The molecule has 0 bridgehead atoms. The Morgan fingerprint density at radius 2 is 2.07 bits per heavy atom. The highest BCUT2D eigenvalue weighted by Crippen LogP contribution is 2.42. The lowest BCUT2D eigenvalue weighted by Gasteiger charge is -2.14. The van der Waals surface area contributed by atoms with E-state index in [0.29, 0.717) is 28.2 Å². The molecule has 1 aliphatic carbocycles. The summed E-state index contributed by atoms with van der Waals surface area (Å²) in [5.41, 5.74) is 11.1. The Hall–Kier alpha value is -2.50. The Balaban J connectivity index is 1.60. The minimum Gasteiger partial charge on any atom is -0.345 e. The molecule has 4 rings (SSSR count). The second-order valence-electron chi connectivity index (χ2n) is 7.53. The van der Waals surface area contributed by atoms with Gasteiger partial charge in [0.2, 0.25) is 0 Å². The highest BCUT2D eigenvalue weighted by Gasteiger charge is 2.46. The van der Waals surface area contributed by atoms with Crippen molar-refractivity contribution in [1.82, 2.24) is 19.4 Å². The van der Waals surface area contributed by atoms with Crippen LogP contribution in [-0.2, 0) is 10.0 Å². The maximum atomic E-state index is 12.4. The largest absolute Gasteiger partial charge is 0.390 e. The van der Waals surface area contributed by atoms with Crippen molar-refractivity contribution in [3.8, 4) is 0 Å². The standard InChI is InChI=1S/C17H20F3N6O2S/c1-10-6-11(26(21)29(27,28)5-3-17(18,19)20)7-12(10)14-8-23-15-9-24-16-13(25(14)15)2-4-22-16/h2,4,8-12,21-22H,3,5-7H2,1H3/q+1. The molecule has 3 atom stereocenters. The maximum Gasteiger partial charge on any atom is 0.390 e. The predicted molar refractivity (Wildman–Crippen MR) is 97.2 cm³/mol. The number of nitrogens with one attached hydrogen (secondary N) is 2. The molecule has 0 spiro atoms. The van der Waals surface area contributed by atoms with Crippen LogP contribution in [0.3, 0.4) is 0 Å². The van der Waals surface area contributed by atoms with E-state index < -0.39 is 34.4 Å². The second kappa shape index (κ2) is 6.78. The molecule has 8 nitrogen and oxygen atoms in total. The molecule has 0 saturated heterocycles. The Bertz CT molecular complexity index is 1180. The van der Waals surface area contributed by atoms with Crippen LogP contribution in [0.2, 0.25) is 0 Å². The summed E-state index contributed by atoms with van der Waals surface area (Å²) in [6.45, 7) is 1.95. The minimum absolute atomic E-state index is 0.0349. The third kappa shape index (κ3) is 3.61. The van der Waals surface area contributed by atoms with Gasteiger partial charge in [0.1, 0.15) is 5.75 Å². The van der Waals surface area contributed by atoms with Gasteiger partial charge in [0.15, 0.2) is 17.3 Å². The van der Waals surface area contributed by atoms with Gasteiger partial charge in [-0.25, -0.2) is 9.97 Å². The molecule has 29 heavy (non-hydrogen) atoms. The number of aromatic nitrogens is 4. The molecule has 2 N–H and O–H groups in total. The van der Waals surface area contributed by atoms with E-state index in [2.05, 4.69) is 15.0 Å². The lowest BCUT2D eigenvalue weighted by molar-refractivity contribution is -0.507. The van der Waals surface area contributed by atoms with Crippen molar-refractivity contribution in [3.05, 3.63) is 30.4 Å². The molecule has 3 aromatic heterocycles. The van der Waals surface area contributed by atoms with Gasteiger partial charge in [-0.3, -0.25) is 4.40 Å². The fourth-order valence-corrected chi connectivity index (χ4v) is 5.46. The predicted octanol–water partition coefficient (Wildman–Crippen LogP) is 3.42. The maximum absolute atomic E-state index is 12.4. The van der Waals surface area contributed by atoms with Crippen LogP contribution in [-0.4, -0.2) is 49.8 Å². The monoisotopic (exact) mass is 429 g/mol. The van der Waals surface area contributed by atoms with Crippen LogP contribution >= 0.6 is 0 Å². The zero-order valence-corrected chi connectivity index (χ0v) is 16.3. The first-order valence-corrected chi connectivity index (χ1v) is 10.8. The molecule has 1 saturated carbocycles. The van der Waals surface area contributed by atoms with Crippen LogP contribution in [0.4, 0.5) is 13.2 Å². The Morgan fingerprint density at radius 3 is 2.79 bits per heavy atom. The van der Waals surface area contributed by atoms with Crippen molar-refractivity contribution in [2.45, 2.75) is 44.3 Å². The number of rotatable bonds is 5. The number of sulfonamides is 1. The lowest BCUT2D eigenvalue weighted by Crippen LogP contribution is -2.31. The Morgan fingerprint density at radius 1 is 1.31 bits per heavy atom. The fraction of sp³-hybridized carbons (Fsp3) is 0.529. The number of fused-ring (bicyclic) bond motifs is 3. The summed E-state index contributed by atoms with van der Waals surface area (Å²) in [5.74, 6) is -1.16. The van der Waals surface area contributed by atoms with Crippen molar-refractivity contribution in [2.75, 3.05) is 5.75 Å². The average Bonchev–Trinajstić information content (AvgIpc) is 3.35. The van der Waals surface area contributed by atoms with E-state index in [1.165, 1.54) is 0 Å². The zero-order chi connectivity index (χ0) is 21.0. The van der Waals surface area contributed by atoms with E-state index in [4.69, 9.17) is 5.53 Å². The minimum atomic E-state index is -4.58. The van der Waals surface area contributed by atoms with Gasteiger partial charge in [0, 0.05) is 36.8 Å². The van der Waals surface area contributed by atoms with Crippen molar-refractivity contribution in [1.29, 1.82) is 5.53 Å². The summed E-state index contributed by atoms with van der Waals surface area (Å²) in [7, 11) is -4.32. The normalized spacial score (nSPS) is 23.2. The first-order valence-electron chi connectivity index (χ1n) is 9.16. The molecular weight excluding hydrogens is 409 g/mol. The summed E-state index contributed by atoms with van der Waals surface area (Å²) < 4.78 is 64.1. The van der Waals surface area contributed by atoms with E-state index in [1.54, 1.807) is 18.6 Å². The molecule has 1 aliphatic rings. The number of nitrogens with zero attached hydrogens (tertiary/aromatic N) is 4. The zero-order valence-electron chi connectivity index (χ0n) is 15.5. The topological polar surface area (TPSA) is 107 Å². The van der Waals surface area contributed by atoms with E-state index in [-0.39, 0.29) is 11.8 Å². The van der Waals surface area contributed by atoms with E-state index in [0.717, 1.165) is 11.2 Å². The summed E-state index contributed by atoms with van der Waals surface area (Å²) in [5, 5.41) is 0. The molecule has 0 aromatic carbocycles. The number of alkyl halides is 3. The third-order valence-electron chi connectivity index (χ3n) is 5.58. The lowest BCUT2D eigenvalue weighted by atomic mass is 9.95. The smallest absolute Gasteiger partial charge is 0.345 e. The summed E-state index contributed by atoms with van der Waals surface area (Å²) in [4.78, 5) is 11.7. The van der Waals surface area contributed by atoms with Gasteiger partial charge in [-0.2, -0.15) is 21.6 Å². The molecule has 0 radical (unpaired) electrons. The van der Waals surface area contributed by atoms with Gasteiger partial charge in [-0.15, -0.1) is 0 Å². The number of aromatic amines is 1. The quantitative estimate of drug-likeness (QED) is 0.479. The van der Waals surface area contributed by atoms with Crippen molar-refractivity contribution in [2.24, 2.45) is 5.92 Å². The Kier molecular flexibility index (Phi) is 4.63. The summed E-state index contributed by atoms with van der Waals surface area (Å²) in [6.07, 6.45) is -0.169. The molecule has 3 heterocycles. The van der Waals surface area contributed by atoms with Crippen molar-refractivity contribution >= 4 is 26.8 Å². The molecule has 12 heteroatoms. The molecule has 1 fully saturated rings. The van der Waals surface area contributed by atoms with Crippen LogP contribution in [0.25, 0.3) is 16.8 Å². The van der Waals surface area contributed by atoms with Crippen LogP contribution in [0.5, 0.6) is 0 Å². The van der Waals surface area contributed by atoms with Gasteiger partial charge in [-0.1, -0.05) is 6.92 Å². The molecule has 156 valence electrons. The van der Waals surface area contributed by atoms with Gasteiger partial charge in [-0.05, 0) is 21.6 Å². The van der Waals surface area contributed by atoms with E-state index in [1.807, 2.05) is 17.4 Å². The highest BCUT2D eigenvalue weighted by atomic mass is 32.2. The van der Waals surface area contributed by atoms with E-state index in [9.17, 15) is 21.6 Å². The number of hydrogen-bond donors (Lipinski definition) is 2. The van der Waals surface area contributed by atoms with Crippen LogP contribution < -0.4 is 0 Å². The van der Waals surface area contributed by atoms with Gasteiger partial charge >= 0.3 is 16.2 Å². The SMILES string of the molecule is CC1CC([N+](=N)S(=O)(=O)CCC(F)(F)F)CC1c1cnc2cnc3[nH]ccc3n12. The molecule has 3 unspecified atom stereocenters. The summed E-state index contributed by atoms with van der Waals surface area (Å²) >= 11 is 0. The Labute approximate surface area is 164 Å². The van der Waals surface area contributed by atoms with Crippen LogP contribution in [0, 0.1) is 11.4 Å². The number of halogens is 3. The second-order valence-corrected chi connectivity index (χ2v) is 9.50. The number of imidazole rings is 1. The molecule has 0 aliphatic heterocycles. The average molecular weight is 429 g/mol. The van der Waals surface area contributed by atoms with Crippen LogP contribution in [0.1, 0.15) is 37.8 Å². The highest BCUT2D eigenvalue weighted by molar-refractivity contribution is 7.85.